The molecule has 1 heterocycles. The Morgan fingerprint density at radius 2 is 1.58 bits per heavy atom. The number of aryl methyl sites for hydroxylation is 1. The molecule has 1 N–H and O–H groups in total. The van der Waals surface area contributed by atoms with Crippen molar-refractivity contribution in [2.24, 2.45) is 7.05 Å². The molecule has 7 heteroatoms. The second-order valence-corrected chi connectivity index (χ2v) is 7.95. The molecule has 31 heavy (non-hydrogen) atoms. The average Bonchev–Trinajstić information content (AvgIpc) is 3.16. The third kappa shape index (κ3) is 5.32. The van der Waals surface area contributed by atoms with Gasteiger partial charge in [-0.15, -0.1) is 10.2 Å². The molecule has 4 aromatic rings. The molecule has 0 unspecified atom stereocenters. The Morgan fingerprint density at radius 3 is 2.26 bits per heavy atom. The fraction of sp³-hybridized carbons (Fsp3) is 0.125. The first-order valence-corrected chi connectivity index (χ1v) is 10.8. The van der Waals surface area contributed by atoms with Crippen LogP contribution in [0.4, 0.5) is 5.69 Å². The van der Waals surface area contributed by atoms with Crippen molar-refractivity contribution in [3.63, 3.8) is 0 Å². The van der Waals surface area contributed by atoms with Gasteiger partial charge in [-0.2, -0.15) is 0 Å². The maximum absolute atomic E-state index is 12.4. The molecular weight excluding hydrogens is 408 g/mol. The minimum atomic E-state index is -0.110. The van der Waals surface area contributed by atoms with Crippen LogP contribution in [0.2, 0.25) is 0 Å². The zero-order chi connectivity index (χ0) is 21.6. The van der Waals surface area contributed by atoms with Crippen LogP contribution in [0.25, 0.3) is 11.4 Å². The Hall–Kier alpha value is -3.58. The molecule has 0 radical (unpaired) electrons. The molecule has 156 valence electrons. The molecular formula is C24H22N4O2S. The minimum Gasteiger partial charge on any atom is -0.457 e. The Balaban J connectivity index is 1.31. The number of thioether (sulfide) groups is 1. The summed E-state index contributed by atoms with van der Waals surface area (Å²) in [5.41, 5.74) is 2.88. The lowest BCUT2D eigenvalue weighted by atomic mass is 10.2. The molecule has 0 aliphatic carbocycles. The molecule has 0 aliphatic rings. The van der Waals surface area contributed by atoms with E-state index in [1.54, 1.807) is 0 Å². The largest absolute Gasteiger partial charge is 0.457 e. The Morgan fingerprint density at radius 1 is 0.935 bits per heavy atom. The molecule has 0 saturated heterocycles. The average molecular weight is 431 g/mol. The van der Waals surface area contributed by atoms with Crippen LogP contribution in [0.3, 0.4) is 0 Å². The van der Waals surface area contributed by atoms with Gasteiger partial charge in [-0.3, -0.25) is 4.79 Å². The summed E-state index contributed by atoms with van der Waals surface area (Å²) in [6.07, 6.45) is 0. The van der Waals surface area contributed by atoms with Crippen LogP contribution in [0, 0.1) is 6.92 Å². The summed E-state index contributed by atoms with van der Waals surface area (Å²) in [4.78, 5) is 12.4. The van der Waals surface area contributed by atoms with Gasteiger partial charge in [0.2, 0.25) is 5.91 Å². The minimum absolute atomic E-state index is 0.110. The number of hydrogen-bond acceptors (Lipinski definition) is 5. The van der Waals surface area contributed by atoms with Crippen molar-refractivity contribution in [1.29, 1.82) is 0 Å². The van der Waals surface area contributed by atoms with Gasteiger partial charge in [0, 0.05) is 18.3 Å². The van der Waals surface area contributed by atoms with Crippen LogP contribution in [-0.4, -0.2) is 26.4 Å². The number of carbonyl (C=O) groups excluding carboxylic acids is 1. The predicted molar refractivity (Wildman–Crippen MR) is 123 cm³/mol. The van der Waals surface area contributed by atoms with Crippen LogP contribution in [0.5, 0.6) is 11.5 Å². The highest BCUT2D eigenvalue weighted by Crippen LogP contribution is 2.24. The highest BCUT2D eigenvalue weighted by Gasteiger charge is 2.13. The number of amides is 1. The van der Waals surface area contributed by atoms with Gasteiger partial charge in [0.1, 0.15) is 11.5 Å². The number of aromatic nitrogens is 3. The Kier molecular flexibility index (Phi) is 6.33. The van der Waals surface area contributed by atoms with Crippen molar-refractivity contribution in [2.75, 3.05) is 11.1 Å². The first-order chi connectivity index (χ1) is 15.1. The topological polar surface area (TPSA) is 69.0 Å². The van der Waals surface area contributed by atoms with Gasteiger partial charge in [0.05, 0.1) is 5.75 Å². The van der Waals surface area contributed by atoms with E-state index in [9.17, 15) is 4.79 Å². The first kappa shape index (κ1) is 20.7. The molecule has 4 rings (SSSR count). The summed E-state index contributed by atoms with van der Waals surface area (Å²) >= 11 is 1.35. The highest BCUT2D eigenvalue weighted by molar-refractivity contribution is 7.99. The summed E-state index contributed by atoms with van der Waals surface area (Å²) in [6, 6.07) is 25.0. The predicted octanol–water partition coefficient (Wildman–Crippen LogP) is 5.31. The quantitative estimate of drug-likeness (QED) is 0.402. The number of nitrogens with one attached hydrogen (secondary N) is 1. The van der Waals surface area contributed by atoms with Gasteiger partial charge in [-0.05, 0) is 43.3 Å². The van der Waals surface area contributed by atoms with Crippen LogP contribution in [0.15, 0.2) is 84.0 Å². The first-order valence-electron chi connectivity index (χ1n) is 9.80. The van der Waals surface area contributed by atoms with E-state index in [0.29, 0.717) is 16.6 Å². The molecule has 3 aromatic carbocycles. The smallest absolute Gasteiger partial charge is 0.234 e. The molecule has 1 aromatic heterocycles. The fourth-order valence-electron chi connectivity index (χ4n) is 2.96. The van der Waals surface area contributed by atoms with Crippen LogP contribution >= 0.6 is 11.8 Å². The maximum atomic E-state index is 12.4. The third-order valence-corrected chi connectivity index (χ3v) is 5.61. The van der Waals surface area contributed by atoms with E-state index in [2.05, 4.69) is 15.5 Å². The molecule has 0 spiro atoms. The van der Waals surface area contributed by atoms with Gasteiger partial charge in [-0.25, -0.2) is 0 Å². The van der Waals surface area contributed by atoms with Gasteiger partial charge in [0.25, 0.3) is 0 Å². The molecule has 0 fully saturated rings. The standard InChI is InChI=1S/C24H22N4O2S/c1-17-8-12-20(13-9-17)30-21-14-10-19(11-15-21)25-22(29)16-31-24-27-26-23(28(24)2)18-6-4-3-5-7-18/h3-15H,16H2,1-2H3,(H,25,29). The van der Waals surface area contributed by atoms with Crippen molar-refractivity contribution in [2.45, 2.75) is 12.1 Å². The SMILES string of the molecule is Cc1ccc(Oc2ccc(NC(=O)CSc3nnc(-c4ccccc4)n3C)cc2)cc1. The van der Waals surface area contributed by atoms with Crippen molar-refractivity contribution >= 4 is 23.4 Å². The molecule has 6 nitrogen and oxygen atoms in total. The van der Waals surface area contributed by atoms with E-state index in [-0.39, 0.29) is 11.7 Å². The second-order valence-electron chi connectivity index (χ2n) is 7.01. The number of nitrogens with zero attached hydrogens (tertiary/aromatic N) is 3. The van der Waals surface area contributed by atoms with Gasteiger partial charge < -0.3 is 14.6 Å². The van der Waals surface area contributed by atoms with E-state index < -0.39 is 0 Å². The number of ether oxygens (including phenoxy) is 1. The number of hydrogen-bond donors (Lipinski definition) is 1. The zero-order valence-corrected chi connectivity index (χ0v) is 18.1. The van der Waals surface area contributed by atoms with Crippen molar-refractivity contribution in [3.8, 4) is 22.9 Å². The Labute approximate surface area is 185 Å². The lowest BCUT2D eigenvalue weighted by Gasteiger charge is -2.08. The number of carbonyl (C=O) groups is 1. The van der Waals surface area contributed by atoms with E-state index in [0.717, 1.165) is 17.1 Å². The summed E-state index contributed by atoms with van der Waals surface area (Å²) < 4.78 is 7.71. The van der Waals surface area contributed by atoms with Crippen molar-refractivity contribution in [3.05, 3.63) is 84.4 Å². The molecule has 0 bridgehead atoms. The fourth-order valence-corrected chi connectivity index (χ4v) is 3.67. The molecule has 0 atom stereocenters. The lowest BCUT2D eigenvalue weighted by Crippen LogP contribution is -2.14. The monoisotopic (exact) mass is 430 g/mol. The molecule has 0 aliphatic heterocycles. The number of rotatable bonds is 7. The van der Waals surface area contributed by atoms with Gasteiger partial charge in [0.15, 0.2) is 11.0 Å². The summed E-state index contributed by atoms with van der Waals surface area (Å²) in [6.45, 7) is 2.03. The number of benzene rings is 3. The van der Waals surface area contributed by atoms with Gasteiger partial charge >= 0.3 is 0 Å². The second kappa shape index (κ2) is 9.49. The third-order valence-electron chi connectivity index (χ3n) is 4.59. The molecule has 1 amide bonds. The highest BCUT2D eigenvalue weighted by atomic mass is 32.2. The Bertz CT molecular complexity index is 1160. The lowest BCUT2D eigenvalue weighted by molar-refractivity contribution is -0.113. The summed E-state index contributed by atoms with van der Waals surface area (Å²) in [5.74, 6) is 2.39. The van der Waals surface area contributed by atoms with Crippen LogP contribution in [0.1, 0.15) is 5.56 Å². The van der Waals surface area contributed by atoms with E-state index in [1.807, 2.05) is 97.4 Å². The normalized spacial score (nSPS) is 10.6. The van der Waals surface area contributed by atoms with E-state index in [1.165, 1.54) is 17.3 Å². The van der Waals surface area contributed by atoms with Crippen molar-refractivity contribution in [1.82, 2.24) is 14.8 Å². The zero-order valence-electron chi connectivity index (χ0n) is 17.3. The van der Waals surface area contributed by atoms with Crippen molar-refractivity contribution < 1.29 is 9.53 Å². The van der Waals surface area contributed by atoms with Crippen LogP contribution in [-0.2, 0) is 11.8 Å². The summed E-state index contributed by atoms with van der Waals surface area (Å²) in [5, 5.41) is 12.0. The molecule has 0 saturated carbocycles. The summed E-state index contributed by atoms with van der Waals surface area (Å²) in [7, 11) is 1.90. The van der Waals surface area contributed by atoms with E-state index in [4.69, 9.17) is 4.74 Å². The van der Waals surface area contributed by atoms with E-state index >= 15 is 0 Å². The van der Waals surface area contributed by atoms with Crippen LogP contribution < -0.4 is 10.1 Å². The number of anilines is 1. The van der Waals surface area contributed by atoms with Gasteiger partial charge in [-0.1, -0.05) is 59.8 Å². The maximum Gasteiger partial charge on any atom is 0.234 e.